The van der Waals surface area contributed by atoms with Crippen molar-refractivity contribution in [3.05, 3.63) is 35.0 Å². The number of carbonyl (C=O) groups is 1. The lowest BCUT2D eigenvalue weighted by molar-refractivity contribution is 0.0523. The van der Waals surface area contributed by atoms with Crippen molar-refractivity contribution in [2.75, 3.05) is 13.7 Å². The number of hydrogen-bond acceptors (Lipinski definition) is 4. The molecule has 0 unspecified atom stereocenters. The van der Waals surface area contributed by atoms with Crippen LogP contribution in [0, 0.1) is 0 Å². The smallest absolute Gasteiger partial charge is 0.341 e. The van der Waals surface area contributed by atoms with Gasteiger partial charge in [0.1, 0.15) is 11.3 Å². The molecule has 0 N–H and O–H groups in total. The standard InChI is InChI=1S/C13H12ClNO3/c1-3-18-13(16)9-6-8-10(14)4-5-15-11(8)7-12(9)17-2/h4-7H,3H2,1-2H3. The van der Waals surface area contributed by atoms with E-state index in [9.17, 15) is 4.79 Å². The predicted molar refractivity (Wildman–Crippen MR) is 69.3 cm³/mol. The number of halogens is 1. The highest BCUT2D eigenvalue weighted by atomic mass is 35.5. The summed E-state index contributed by atoms with van der Waals surface area (Å²) in [4.78, 5) is 16.0. The molecule has 0 aliphatic carbocycles. The van der Waals surface area contributed by atoms with Crippen molar-refractivity contribution < 1.29 is 14.3 Å². The van der Waals surface area contributed by atoms with Crippen LogP contribution in [0.4, 0.5) is 0 Å². The predicted octanol–water partition coefficient (Wildman–Crippen LogP) is 3.07. The van der Waals surface area contributed by atoms with E-state index in [1.165, 1.54) is 7.11 Å². The number of aromatic nitrogens is 1. The number of methoxy groups -OCH3 is 1. The van der Waals surface area contributed by atoms with Crippen LogP contribution < -0.4 is 4.74 Å². The van der Waals surface area contributed by atoms with E-state index in [1.807, 2.05) is 0 Å². The van der Waals surface area contributed by atoms with Gasteiger partial charge in [0.25, 0.3) is 0 Å². The summed E-state index contributed by atoms with van der Waals surface area (Å²) in [5, 5.41) is 1.23. The molecule has 0 radical (unpaired) electrons. The lowest BCUT2D eigenvalue weighted by atomic mass is 10.1. The van der Waals surface area contributed by atoms with Crippen LogP contribution in [0.2, 0.25) is 5.02 Å². The number of rotatable bonds is 3. The first-order valence-electron chi connectivity index (χ1n) is 5.46. The lowest BCUT2D eigenvalue weighted by Gasteiger charge is -2.09. The van der Waals surface area contributed by atoms with E-state index < -0.39 is 5.97 Å². The van der Waals surface area contributed by atoms with Crippen molar-refractivity contribution in [2.24, 2.45) is 0 Å². The molecule has 1 aromatic carbocycles. The fourth-order valence-corrected chi connectivity index (χ4v) is 1.88. The van der Waals surface area contributed by atoms with Gasteiger partial charge >= 0.3 is 5.97 Å². The molecule has 0 bridgehead atoms. The first kappa shape index (κ1) is 12.6. The Morgan fingerprint density at radius 1 is 1.44 bits per heavy atom. The summed E-state index contributed by atoms with van der Waals surface area (Å²) in [5.41, 5.74) is 1.02. The van der Waals surface area contributed by atoms with Crippen LogP contribution in [0.1, 0.15) is 17.3 Å². The Morgan fingerprint density at radius 3 is 2.89 bits per heavy atom. The van der Waals surface area contributed by atoms with Crippen molar-refractivity contribution >= 4 is 28.5 Å². The number of benzene rings is 1. The highest BCUT2D eigenvalue weighted by Gasteiger charge is 2.16. The van der Waals surface area contributed by atoms with Crippen molar-refractivity contribution in [2.45, 2.75) is 6.92 Å². The van der Waals surface area contributed by atoms with Crippen molar-refractivity contribution in [1.82, 2.24) is 4.98 Å². The zero-order valence-corrected chi connectivity index (χ0v) is 10.8. The second-order valence-corrected chi connectivity index (χ2v) is 3.99. The van der Waals surface area contributed by atoms with Crippen LogP contribution in [-0.4, -0.2) is 24.7 Å². The summed E-state index contributed by atoms with van der Waals surface area (Å²) in [5.74, 6) is -0.00751. The van der Waals surface area contributed by atoms with E-state index in [-0.39, 0.29) is 0 Å². The van der Waals surface area contributed by atoms with E-state index in [1.54, 1.807) is 31.3 Å². The van der Waals surface area contributed by atoms with Gasteiger partial charge in [-0.2, -0.15) is 0 Å². The first-order valence-corrected chi connectivity index (χ1v) is 5.84. The number of ether oxygens (including phenoxy) is 2. The average molecular weight is 266 g/mol. The van der Waals surface area contributed by atoms with Gasteiger partial charge < -0.3 is 9.47 Å². The third-order valence-electron chi connectivity index (χ3n) is 2.50. The van der Waals surface area contributed by atoms with Crippen LogP contribution in [0.15, 0.2) is 24.4 Å². The molecular formula is C13H12ClNO3. The van der Waals surface area contributed by atoms with Gasteiger partial charge in [0.05, 0.1) is 24.3 Å². The van der Waals surface area contributed by atoms with Gasteiger partial charge in [-0.1, -0.05) is 11.6 Å². The lowest BCUT2D eigenvalue weighted by Crippen LogP contribution is -2.07. The second kappa shape index (κ2) is 5.23. The molecule has 0 saturated carbocycles. The molecule has 18 heavy (non-hydrogen) atoms. The van der Waals surface area contributed by atoms with Crippen molar-refractivity contribution in [3.63, 3.8) is 0 Å². The van der Waals surface area contributed by atoms with E-state index in [0.717, 1.165) is 0 Å². The van der Waals surface area contributed by atoms with Crippen LogP contribution in [-0.2, 0) is 4.74 Å². The molecule has 1 heterocycles. The number of carbonyl (C=O) groups excluding carboxylic acids is 1. The Kier molecular flexibility index (Phi) is 3.67. The molecule has 4 nitrogen and oxygen atoms in total. The summed E-state index contributed by atoms with van der Waals surface area (Å²) < 4.78 is 10.2. The third-order valence-corrected chi connectivity index (χ3v) is 2.83. The van der Waals surface area contributed by atoms with Gasteiger partial charge in [0.15, 0.2) is 0 Å². The molecule has 0 fully saturated rings. The highest BCUT2D eigenvalue weighted by Crippen LogP contribution is 2.29. The van der Waals surface area contributed by atoms with Crippen molar-refractivity contribution in [1.29, 1.82) is 0 Å². The molecule has 0 spiro atoms. The summed E-state index contributed by atoms with van der Waals surface area (Å²) >= 11 is 6.07. The summed E-state index contributed by atoms with van der Waals surface area (Å²) in [6, 6.07) is 4.99. The Morgan fingerprint density at radius 2 is 2.22 bits per heavy atom. The van der Waals surface area contributed by atoms with Crippen LogP contribution in [0.3, 0.4) is 0 Å². The minimum absolute atomic E-state index is 0.306. The van der Waals surface area contributed by atoms with Crippen LogP contribution in [0.25, 0.3) is 10.9 Å². The number of esters is 1. The Hall–Kier alpha value is -1.81. The van der Waals surface area contributed by atoms with E-state index in [4.69, 9.17) is 21.1 Å². The molecule has 5 heteroatoms. The molecule has 0 atom stereocenters. The summed E-state index contributed by atoms with van der Waals surface area (Å²) in [6.45, 7) is 2.06. The number of hydrogen-bond donors (Lipinski definition) is 0. The molecule has 2 aromatic rings. The number of fused-ring (bicyclic) bond motifs is 1. The largest absolute Gasteiger partial charge is 0.496 e. The molecule has 94 valence electrons. The Balaban J connectivity index is 2.64. The third kappa shape index (κ3) is 2.24. The Labute approximate surface area is 109 Å². The maximum atomic E-state index is 11.8. The van der Waals surface area contributed by atoms with Crippen molar-refractivity contribution in [3.8, 4) is 5.75 Å². The zero-order valence-electron chi connectivity index (χ0n) is 10.1. The van der Waals surface area contributed by atoms with Crippen LogP contribution in [0.5, 0.6) is 5.75 Å². The van der Waals surface area contributed by atoms with Gasteiger partial charge in [-0.05, 0) is 19.1 Å². The minimum Gasteiger partial charge on any atom is -0.496 e. The van der Waals surface area contributed by atoms with E-state index >= 15 is 0 Å². The van der Waals surface area contributed by atoms with Gasteiger partial charge in [-0.15, -0.1) is 0 Å². The normalized spacial score (nSPS) is 10.4. The van der Waals surface area contributed by atoms with Gasteiger partial charge in [0.2, 0.25) is 0 Å². The van der Waals surface area contributed by atoms with Gasteiger partial charge in [0, 0.05) is 17.6 Å². The maximum Gasteiger partial charge on any atom is 0.341 e. The minimum atomic E-state index is -0.434. The molecular weight excluding hydrogens is 254 g/mol. The monoisotopic (exact) mass is 265 g/mol. The van der Waals surface area contributed by atoms with Crippen LogP contribution >= 0.6 is 11.6 Å². The fraction of sp³-hybridized carbons (Fsp3) is 0.231. The molecule has 1 aromatic heterocycles. The van der Waals surface area contributed by atoms with E-state index in [2.05, 4.69) is 4.98 Å². The average Bonchev–Trinajstić information content (AvgIpc) is 2.38. The summed E-state index contributed by atoms with van der Waals surface area (Å²) in [7, 11) is 1.49. The topological polar surface area (TPSA) is 48.4 Å². The SMILES string of the molecule is CCOC(=O)c1cc2c(Cl)ccnc2cc1OC. The molecule has 2 rings (SSSR count). The van der Waals surface area contributed by atoms with Gasteiger partial charge in [-0.25, -0.2) is 4.79 Å². The molecule has 0 aliphatic rings. The zero-order chi connectivity index (χ0) is 13.1. The molecule has 0 saturated heterocycles. The summed E-state index contributed by atoms with van der Waals surface area (Å²) in [6.07, 6.45) is 1.61. The highest BCUT2D eigenvalue weighted by molar-refractivity contribution is 6.35. The Bertz CT molecular complexity index is 598. The molecule has 0 aliphatic heterocycles. The number of pyridine rings is 1. The quantitative estimate of drug-likeness (QED) is 0.800. The molecule has 0 amide bonds. The number of nitrogens with zero attached hydrogens (tertiary/aromatic N) is 1. The van der Waals surface area contributed by atoms with E-state index in [0.29, 0.717) is 33.8 Å². The van der Waals surface area contributed by atoms with Gasteiger partial charge in [-0.3, -0.25) is 4.98 Å². The second-order valence-electron chi connectivity index (χ2n) is 3.58. The maximum absolute atomic E-state index is 11.8. The fourth-order valence-electron chi connectivity index (χ4n) is 1.68. The first-order chi connectivity index (χ1) is 8.67.